The van der Waals surface area contributed by atoms with Crippen molar-refractivity contribution in [1.29, 1.82) is 0 Å². The second-order valence-corrected chi connectivity index (χ2v) is 7.90. The van der Waals surface area contributed by atoms with E-state index in [4.69, 9.17) is 10.8 Å². The van der Waals surface area contributed by atoms with Gasteiger partial charge in [-0.2, -0.15) is 0 Å². The van der Waals surface area contributed by atoms with Crippen LogP contribution in [-0.4, -0.2) is 38.9 Å². The Morgan fingerprint density at radius 1 is 1.03 bits per heavy atom. The highest BCUT2D eigenvalue weighted by molar-refractivity contribution is 8.00. The van der Waals surface area contributed by atoms with Crippen LogP contribution in [0.25, 0.3) is 0 Å². The van der Waals surface area contributed by atoms with Crippen LogP contribution >= 0.6 is 11.8 Å². The first kappa shape index (κ1) is 22.4. The van der Waals surface area contributed by atoms with Gasteiger partial charge in [0.25, 0.3) is 5.91 Å². The molecule has 0 bridgehead atoms. The molecule has 8 heteroatoms. The lowest BCUT2D eigenvalue weighted by Crippen LogP contribution is -2.38. The van der Waals surface area contributed by atoms with E-state index < -0.39 is 28.7 Å². The Kier molecular flexibility index (Phi) is 7.81. The molecule has 2 unspecified atom stereocenters. The number of aliphatic hydroxyl groups is 1. The number of carbonyl (C=O) groups excluding carboxylic acids is 1. The minimum Gasteiger partial charge on any atom is -0.481 e. The van der Waals surface area contributed by atoms with Crippen LogP contribution in [0.3, 0.4) is 0 Å². The van der Waals surface area contributed by atoms with Gasteiger partial charge in [-0.25, -0.2) is 4.79 Å². The fourth-order valence-corrected chi connectivity index (χ4v) is 3.99. The minimum atomic E-state index is -1.88. The van der Waals surface area contributed by atoms with E-state index in [1.165, 1.54) is 12.1 Å². The molecule has 0 spiro atoms. The zero-order valence-corrected chi connectivity index (χ0v) is 16.5. The Balaban J connectivity index is 1.97. The van der Waals surface area contributed by atoms with E-state index >= 15 is 0 Å². The summed E-state index contributed by atoms with van der Waals surface area (Å²) >= 11 is 0.962. The molecule has 2 aromatic carbocycles. The number of amides is 1. The largest absolute Gasteiger partial charge is 0.481 e. The Hall–Kier alpha value is -2.84. The van der Waals surface area contributed by atoms with Crippen molar-refractivity contribution in [3.8, 4) is 0 Å². The number of aromatic carboxylic acids is 1. The molecule has 0 aliphatic carbocycles. The maximum absolute atomic E-state index is 11.8. The van der Waals surface area contributed by atoms with Gasteiger partial charge in [0, 0.05) is 5.56 Å². The van der Waals surface area contributed by atoms with Crippen molar-refractivity contribution in [3.63, 3.8) is 0 Å². The number of hydrogen-bond acceptors (Lipinski definition) is 5. The van der Waals surface area contributed by atoms with Gasteiger partial charge in [-0.3, -0.25) is 9.59 Å². The molecule has 1 amide bonds. The fourth-order valence-electron chi connectivity index (χ4n) is 2.94. The van der Waals surface area contributed by atoms with Crippen molar-refractivity contribution in [2.24, 2.45) is 11.7 Å². The van der Waals surface area contributed by atoms with Gasteiger partial charge < -0.3 is 21.1 Å². The van der Waals surface area contributed by atoms with E-state index in [1.807, 2.05) is 0 Å². The van der Waals surface area contributed by atoms with E-state index in [-0.39, 0.29) is 12.0 Å². The van der Waals surface area contributed by atoms with Crippen LogP contribution in [0.1, 0.15) is 34.3 Å². The number of carboxylic acid groups (broad SMARTS) is 2. The maximum Gasteiger partial charge on any atom is 0.335 e. The predicted octanol–water partition coefficient (Wildman–Crippen LogP) is 2.47. The summed E-state index contributed by atoms with van der Waals surface area (Å²) in [6.07, 6.45) is 0.936. The molecule has 2 atom stereocenters. The standard InChI is InChI=1S/C21H23NO6S/c22-20(27)21(28,17-9-2-1-3-10-17)29-11-5-8-16(19(25)26)13-14-6-4-7-15(12-14)18(23)24/h1-4,6-7,9-10,12,16,28H,5,8,11,13H2,(H2,22,27)(H,23,24)(H,25,26). The number of rotatable bonds is 11. The fraction of sp³-hybridized carbons (Fsp3) is 0.286. The highest BCUT2D eigenvalue weighted by atomic mass is 32.2. The summed E-state index contributed by atoms with van der Waals surface area (Å²) in [5.74, 6) is -3.31. The second kappa shape index (κ2) is 10.1. The highest BCUT2D eigenvalue weighted by Crippen LogP contribution is 2.34. The van der Waals surface area contributed by atoms with Gasteiger partial charge in [0.05, 0.1) is 11.5 Å². The van der Waals surface area contributed by atoms with Crippen LogP contribution in [0.4, 0.5) is 0 Å². The molecule has 0 aliphatic heterocycles. The summed E-state index contributed by atoms with van der Waals surface area (Å²) in [5, 5.41) is 29.2. The van der Waals surface area contributed by atoms with Crippen molar-refractivity contribution >= 4 is 29.6 Å². The van der Waals surface area contributed by atoms with E-state index in [1.54, 1.807) is 42.5 Å². The molecular weight excluding hydrogens is 394 g/mol. The third kappa shape index (κ3) is 6.07. The number of thioether (sulfide) groups is 1. The molecule has 0 fully saturated rings. The number of benzene rings is 2. The van der Waals surface area contributed by atoms with E-state index in [0.717, 1.165) is 11.8 Å². The quantitative estimate of drug-likeness (QED) is 0.325. The number of carbonyl (C=O) groups is 3. The first-order valence-electron chi connectivity index (χ1n) is 9.01. The van der Waals surface area contributed by atoms with Crippen molar-refractivity contribution in [2.75, 3.05) is 5.75 Å². The molecule has 29 heavy (non-hydrogen) atoms. The zero-order chi connectivity index (χ0) is 21.4. The predicted molar refractivity (Wildman–Crippen MR) is 109 cm³/mol. The zero-order valence-electron chi connectivity index (χ0n) is 15.7. The van der Waals surface area contributed by atoms with E-state index in [0.29, 0.717) is 29.7 Å². The average Bonchev–Trinajstić information content (AvgIpc) is 2.70. The molecule has 0 aliphatic rings. The van der Waals surface area contributed by atoms with Gasteiger partial charge >= 0.3 is 11.9 Å². The molecule has 2 aromatic rings. The molecule has 5 N–H and O–H groups in total. The number of carboxylic acids is 2. The van der Waals surface area contributed by atoms with Gasteiger partial charge in [-0.05, 0) is 42.7 Å². The molecule has 0 radical (unpaired) electrons. The molecule has 0 saturated carbocycles. The number of primary amides is 1. The summed E-state index contributed by atoms with van der Waals surface area (Å²) in [6.45, 7) is 0. The van der Waals surface area contributed by atoms with Gasteiger partial charge in [0.2, 0.25) is 4.93 Å². The molecule has 7 nitrogen and oxygen atoms in total. The summed E-state index contributed by atoms with van der Waals surface area (Å²) in [5.41, 5.74) is 6.49. The smallest absolute Gasteiger partial charge is 0.335 e. The lowest BCUT2D eigenvalue weighted by Gasteiger charge is -2.24. The molecule has 0 saturated heterocycles. The topological polar surface area (TPSA) is 138 Å². The normalized spacial score (nSPS) is 14.0. The summed E-state index contributed by atoms with van der Waals surface area (Å²) < 4.78 is 0. The van der Waals surface area contributed by atoms with Gasteiger partial charge in [-0.15, -0.1) is 11.8 Å². The van der Waals surface area contributed by atoms with Crippen LogP contribution in [0, 0.1) is 5.92 Å². The summed E-state index contributed by atoms with van der Waals surface area (Å²) in [7, 11) is 0. The lowest BCUT2D eigenvalue weighted by atomic mass is 9.94. The minimum absolute atomic E-state index is 0.108. The first-order chi connectivity index (χ1) is 13.7. The van der Waals surface area contributed by atoms with Crippen molar-refractivity contribution in [3.05, 3.63) is 71.3 Å². The van der Waals surface area contributed by atoms with Gasteiger partial charge in [0.15, 0.2) is 0 Å². The van der Waals surface area contributed by atoms with Crippen LogP contribution in [0.15, 0.2) is 54.6 Å². The SMILES string of the molecule is NC(=O)C(O)(SCCCC(Cc1cccc(C(=O)O)c1)C(=O)O)c1ccccc1. The van der Waals surface area contributed by atoms with Crippen LogP contribution in [-0.2, 0) is 20.9 Å². The van der Waals surface area contributed by atoms with Crippen molar-refractivity contribution in [1.82, 2.24) is 0 Å². The van der Waals surface area contributed by atoms with Crippen LogP contribution < -0.4 is 5.73 Å². The maximum atomic E-state index is 11.8. The Morgan fingerprint density at radius 2 is 1.72 bits per heavy atom. The second-order valence-electron chi connectivity index (χ2n) is 6.61. The third-order valence-corrected chi connectivity index (χ3v) is 5.86. The highest BCUT2D eigenvalue weighted by Gasteiger charge is 2.36. The molecular formula is C21H23NO6S. The Morgan fingerprint density at radius 3 is 2.31 bits per heavy atom. The van der Waals surface area contributed by atoms with Crippen molar-refractivity contribution in [2.45, 2.75) is 24.2 Å². The number of nitrogens with two attached hydrogens (primary N) is 1. The number of hydrogen-bond donors (Lipinski definition) is 4. The molecule has 0 heterocycles. The summed E-state index contributed by atoms with van der Waals surface area (Å²) in [4.78, 5) is 32.6. The molecule has 154 valence electrons. The Bertz CT molecular complexity index is 872. The first-order valence-corrected chi connectivity index (χ1v) is 9.99. The lowest BCUT2D eigenvalue weighted by molar-refractivity contribution is -0.142. The van der Waals surface area contributed by atoms with E-state index in [9.17, 15) is 24.6 Å². The molecule has 2 rings (SSSR count). The number of aliphatic carboxylic acids is 1. The average molecular weight is 417 g/mol. The van der Waals surface area contributed by atoms with Gasteiger partial charge in [0.1, 0.15) is 0 Å². The summed E-state index contributed by atoms with van der Waals surface area (Å²) in [6, 6.07) is 14.5. The van der Waals surface area contributed by atoms with Crippen LogP contribution in [0.5, 0.6) is 0 Å². The third-order valence-electron chi connectivity index (χ3n) is 4.51. The molecule has 0 aromatic heterocycles. The van der Waals surface area contributed by atoms with Crippen LogP contribution in [0.2, 0.25) is 0 Å². The monoisotopic (exact) mass is 417 g/mol. The Labute approximate surface area is 172 Å². The van der Waals surface area contributed by atoms with E-state index in [2.05, 4.69) is 0 Å². The van der Waals surface area contributed by atoms with Crippen molar-refractivity contribution < 1.29 is 29.7 Å². The van der Waals surface area contributed by atoms with Gasteiger partial charge in [-0.1, -0.05) is 42.5 Å².